The molecule has 196 valence electrons. The van der Waals surface area contributed by atoms with Gasteiger partial charge in [0.05, 0.1) is 31.4 Å². The lowest BCUT2D eigenvalue weighted by Gasteiger charge is -2.16. The summed E-state index contributed by atoms with van der Waals surface area (Å²) in [5.74, 6) is -0.459. The Balaban J connectivity index is 1.58. The third kappa shape index (κ3) is 6.68. The summed E-state index contributed by atoms with van der Waals surface area (Å²) in [6.45, 7) is 3.77. The predicted octanol–water partition coefficient (Wildman–Crippen LogP) is 3.59. The maximum Gasteiger partial charge on any atom is 0.337 e. The summed E-state index contributed by atoms with van der Waals surface area (Å²) < 4.78 is 9.61. The van der Waals surface area contributed by atoms with Crippen molar-refractivity contribution in [3.63, 3.8) is 0 Å². The molecular weight excluding hydrogens is 504 g/mol. The van der Waals surface area contributed by atoms with E-state index in [1.807, 2.05) is 32.0 Å². The zero-order chi connectivity index (χ0) is 27.2. The Morgan fingerprint density at radius 1 is 0.895 bits per heavy atom. The molecule has 0 amide bonds. The van der Waals surface area contributed by atoms with Gasteiger partial charge < -0.3 is 20.1 Å². The zero-order valence-corrected chi connectivity index (χ0v) is 22.3. The van der Waals surface area contributed by atoms with Crippen molar-refractivity contribution < 1.29 is 19.1 Å². The van der Waals surface area contributed by atoms with Crippen LogP contribution >= 0.6 is 12.2 Å². The van der Waals surface area contributed by atoms with E-state index >= 15 is 0 Å². The van der Waals surface area contributed by atoms with Crippen molar-refractivity contribution in [2.24, 2.45) is 4.99 Å². The molecule has 0 unspecified atom stereocenters. The normalized spacial score (nSPS) is 12.9. The van der Waals surface area contributed by atoms with Crippen LogP contribution in [0, 0.1) is 13.8 Å². The number of nitrogens with one attached hydrogen (secondary N) is 3. The molecule has 10 nitrogen and oxygen atoms in total. The van der Waals surface area contributed by atoms with E-state index in [0.717, 1.165) is 24.2 Å². The van der Waals surface area contributed by atoms with E-state index in [1.54, 1.807) is 0 Å². The van der Waals surface area contributed by atoms with Crippen LogP contribution in [0.4, 0.5) is 11.6 Å². The Morgan fingerprint density at radius 3 is 1.97 bits per heavy atom. The molecule has 11 heteroatoms. The minimum Gasteiger partial charge on any atom is -0.465 e. The molecule has 0 atom stereocenters. The summed E-state index contributed by atoms with van der Waals surface area (Å²) in [5, 5.41) is 9.41. The number of carbonyl (C=O) groups excluding carboxylic acids is 2. The topological polar surface area (TPSA) is 127 Å². The first kappa shape index (κ1) is 26.7. The van der Waals surface area contributed by atoms with E-state index in [-0.39, 0.29) is 22.3 Å². The largest absolute Gasteiger partial charge is 0.465 e. The number of aromatic nitrogens is 2. The molecule has 3 N–H and O–H groups in total. The van der Waals surface area contributed by atoms with Crippen molar-refractivity contribution in [3.05, 3.63) is 82.2 Å². The molecule has 0 fully saturated rings. The molecule has 1 heterocycles. The number of hydrogen-bond donors (Lipinski definition) is 3. The van der Waals surface area contributed by atoms with Crippen molar-refractivity contribution in [2.75, 3.05) is 24.9 Å². The summed E-state index contributed by atoms with van der Waals surface area (Å²) >= 11 is 5.55. The molecule has 0 saturated carbocycles. The zero-order valence-electron chi connectivity index (χ0n) is 21.5. The molecule has 0 spiro atoms. The van der Waals surface area contributed by atoms with E-state index in [2.05, 4.69) is 38.1 Å². The van der Waals surface area contributed by atoms with E-state index in [1.165, 1.54) is 43.5 Å². The maximum atomic E-state index is 12.1. The second-order valence-corrected chi connectivity index (χ2v) is 9.18. The lowest BCUT2D eigenvalue weighted by atomic mass is 10.1. The van der Waals surface area contributed by atoms with Gasteiger partial charge in [0, 0.05) is 17.1 Å². The third-order valence-corrected chi connectivity index (χ3v) is 6.02. The first-order chi connectivity index (χ1) is 18.2. The van der Waals surface area contributed by atoms with Crippen LogP contribution in [0.25, 0.3) is 0 Å². The SMILES string of the molecule is COC(=O)c1cc(NC(=S)NC(=NC2Cc3ccccc3C2)Nc2nc(C)cc(C)n2)cc(C(=O)OC)c1. The van der Waals surface area contributed by atoms with Crippen LogP contribution in [0.1, 0.15) is 43.2 Å². The Labute approximate surface area is 225 Å². The van der Waals surface area contributed by atoms with Gasteiger partial charge in [-0.25, -0.2) is 24.5 Å². The molecule has 3 aromatic rings. The van der Waals surface area contributed by atoms with Gasteiger partial charge in [-0.3, -0.25) is 5.32 Å². The number of thiocarbonyl (C=S) groups is 1. The minimum absolute atomic E-state index is 0.00955. The summed E-state index contributed by atoms with van der Waals surface area (Å²) in [7, 11) is 2.52. The van der Waals surface area contributed by atoms with Crippen LogP contribution in [-0.2, 0) is 22.3 Å². The molecule has 4 rings (SSSR count). The monoisotopic (exact) mass is 532 g/mol. The molecule has 1 aliphatic rings. The highest BCUT2D eigenvalue weighted by atomic mass is 32.1. The van der Waals surface area contributed by atoms with Gasteiger partial charge in [0.1, 0.15) is 0 Å². The first-order valence-corrected chi connectivity index (χ1v) is 12.3. The molecule has 0 radical (unpaired) electrons. The smallest absolute Gasteiger partial charge is 0.337 e. The Kier molecular flexibility index (Phi) is 8.27. The number of fused-ring (bicyclic) bond motifs is 1. The van der Waals surface area contributed by atoms with Gasteiger partial charge in [-0.15, -0.1) is 0 Å². The van der Waals surface area contributed by atoms with Crippen molar-refractivity contribution in [1.82, 2.24) is 15.3 Å². The quantitative estimate of drug-likeness (QED) is 0.194. The summed E-state index contributed by atoms with van der Waals surface area (Å²) in [6, 6.07) is 14.6. The summed E-state index contributed by atoms with van der Waals surface area (Å²) in [5.41, 5.74) is 4.87. The van der Waals surface area contributed by atoms with Crippen LogP contribution in [0.5, 0.6) is 0 Å². The number of esters is 2. The molecule has 0 bridgehead atoms. The van der Waals surface area contributed by atoms with Crippen molar-refractivity contribution in [1.29, 1.82) is 0 Å². The lowest BCUT2D eigenvalue weighted by molar-refractivity contribution is 0.0599. The van der Waals surface area contributed by atoms with Crippen LogP contribution < -0.4 is 16.0 Å². The fraction of sp³-hybridized carbons (Fsp3) is 0.259. The molecule has 0 saturated heterocycles. The van der Waals surface area contributed by atoms with Crippen molar-refractivity contribution in [3.8, 4) is 0 Å². The molecule has 1 aliphatic carbocycles. The van der Waals surface area contributed by atoms with Gasteiger partial charge in [-0.1, -0.05) is 24.3 Å². The number of hydrogen-bond acceptors (Lipinski definition) is 8. The average Bonchev–Trinajstić information content (AvgIpc) is 3.29. The number of nitrogens with zero attached hydrogens (tertiary/aromatic N) is 3. The van der Waals surface area contributed by atoms with Gasteiger partial charge in [-0.2, -0.15) is 0 Å². The van der Waals surface area contributed by atoms with E-state index in [4.69, 9.17) is 26.7 Å². The van der Waals surface area contributed by atoms with Gasteiger partial charge in [-0.05, 0) is 74.3 Å². The van der Waals surface area contributed by atoms with E-state index in [9.17, 15) is 9.59 Å². The van der Waals surface area contributed by atoms with E-state index in [0.29, 0.717) is 17.6 Å². The number of methoxy groups -OCH3 is 2. The molecular formula is C27H28N6O4S. The number of anilines is 2. The van der Waals surface area contributed by atoms with Crippen molar-refractivity contribution >= 4 is 46.9 Å². The Morgan fingerprint density at radius 2 is 1.45 bits per heavy atom. The number of aliphatic imine (C=N–C) groups is 1. The number of carbonyl (C=O) groups is 2. The van der Waals surface area contributed by atoms with Crippen LogP contribution in [0.15, 0.2) is 53.5 Å². The summed E-state index contributed by atoms with van der Waals surface area (Å²) in [4.78, 5) is 38.1. The number of aryl methyl sites for hydroxylation is 2. The van der Waals surface area contributed by atoms with Gasteiger partial charge in [0.2, 0.25) is 11.9 Å². The van der Waals surface area contributed by atoms with Crippen LogP contribution in [-0.4, -0.2) is 53.2 Å². The van der Waals surface area contributed by atoms with Gasteiger partial charge in [0.15, 0.2) is 5.11 Å². The van der Waals surface area contributed by atoms with Crippen molar-refractivity contribution in [2.45, 2.75) is 32.7 Å². The van der Waals surface area contributed by atoms with Crippen LogP contribution in [0.3, 0.4) is 0 Å². The number of guanidine groups is 1. The molecule has 1 aromatic heterocycles. The fourth-order valence-electron chi connectivity index (χ4n) is 4.23. The lowest BCUT2D eigenvalue weighted by Crippen LogP contribution is -2.40. The maximum absolute atomic E-state index is 12.1. The predicted molar refractivity (Wildman–Crippen MR) is 149 cm³/mol. The average molecular weight is 533 g/mol. The van der Waals surface area contributed by atoms with Gasteiger partial charge >= 0.3 is 11.9 Å². The van der Waals surface area contributed by atoms with Crippen LogP contribution in [0.2, 0.25) is 0 Å². The standard InChI is InChI=1S/C27H28N6O4S/c1-15-9-16(2)29-25(28-15)32-26(30-21-11-17-7-5-6-8-18(17)12-21)33-27(38)31-22-13-19(23(34)36-3)10-20(14-22)24(35)37-4/h5-10,13-14,21H,11-12H2,1-4H3,(H3,28,29,30,31,32,33,38). The first-order valence-electron chi connectivity index (χ1n) is 11.9. The number of rotatable bonds is 5. The second-order valence-electron chi connectivity index (χ2n) is 8.77. The molecule has 2 aromatic carbocycles. The highest BCUT2D eigenvalue weighted by molar-refractivity contribution is 7.80. The Bertz CT molecular complexity index is 1340. The Hall–Kier alpha value is -4.38. The third-order valence-electron chi connectivity index (χ3n) is 5.82. The summed E-state index contributed by atoms with van der Waals surface area (Å²) in [6.07, 6.45) is 1.58. The fourth-order valence-corrected chi connectivity index (χ4v) is 4.45. The highest BCUT2D eigenvalue weighted by Gasteiger charge is 2.22. The second kappa shape index (κ2) is 11.8. The van der Waals surface area contributed by atoms with E-state index < -0.39 is 11.9 Å². The number of benzene rings is 2. The molecule has 38 heavy (non-hydrogen) atoms. The van der Waals surface area contributed by atoms with Gasteiger partial charge in [0.25, 0.3) is 0 Å². The minimum atomic E-state index is -0.602. The molecule has 0 aliphatic heterocycles. The highest BCUT2D eigenvalue weighted by Crippen LogP contribution is 2.24. The number of ether oxygens (including phenoxy) is 2.